The van der Waals surface area contributed by atoms with Crippen molar-refractivity contribution in [2.45, 2.75) is 46.5 Å². The van der Waals surface area contributed by atoms with Gasteiger partial charge < -0.3 is 20.0 Å². The molecule has 0 bridgehead atoms. The monoisotopic (exact) mass is 490 g/mol. The Kier molecular flexibility index (Phi) is 8.28. The summed E-state index contributed by atoms with van der Waals surface area (Å²) in [6.07, 6.45) is 4.01. The fourth-order valence-electron chi connectivity index (χ4n) is 4.85. The molecule has 2 heterocycles. The standard InChI is InChI=1S/C29H38N4O3/c1-21(2)27(34)30-24-12-13-26(25(20-24)29(36)32-14-5-4-6-15-32)31-16-7-17-33(19-18-31)28(35)23-10-8-22(3)9-11-23/h8-13,20-21H,4-7,14-19H2,1-3H3,(H,30,34). The summed E-state index contributed by atoms with van der Waals surface area (Å²) in [5.41, 5.74) is 3.98. The predicted molar refractivity (Wildman–Crippen MR) is 144 cm³/mol. The number of nitrogens with zero attached hydrogens (tertiary/aromatic N) is 3. The Balaban J connectivity index is 1.56. The number of amides is 3. The van der Waals surface area contributed by atoms with Crippen molar-refractivity contribution in [3.63, 3.8) is 0 Å². The average Bonchev–Trinajstić information content (AvgIpc) is 3.15. The highest BCUT2D eigenvalue weighted by Gasteiger charge is 2.26. The van der Waals surface area contributed by atoms with Crippen molar-refractivity contribution in [1.29, 1.82) is 0 Å². The van der Waals surface area contributed by atoms with Crippen molar-refractivity contribution in [2.75, 3.05) is 49.5 Å². The van der Waals surface area contributed by atoms with Crippen molar-refractivity contribution in [1.82, 2.24) is 9.80 Å². The second-order valence-corrected chi connectivity index (χ2v) is 10.2. The zero-order valence-corrected chi connectivity index (χ0v) is 21.8. The van der Waals surface area contributed by atoms with Gasteiger partial charge >= 0.3 is 0 Å². The summed E-state index contributed by atoms with van der Waals surface area (Å²) in [6, 6.07) is 13.4. The van der Waals surface area contributed by atoms with Gasteiger partial charge in [0.05, 0.1) is 5.56 Å². The maximum absolute atomic E-state index is 13.6. The smallest absolute Gasteiger partial charge is 0.256 e. The number of nitrogens with one attached hydrogen (secondary N) is 1. The molecule has 4 rings (SSSR count). The Morgan fingerprint density at radius 3 is 2.11 bits per heavy atom. The molecule has 0 atom stereocenters. The molecule has 2 fully saturated rings. The van der Waals surface area contributed by atoms with Gasteiger partial charge in [-0.15, -0.1) is 0 Å². The lowest BCUT2D eigenvalue weighted by Gasteiger charge is -2.30. The second kappa shape index (κ2) is 11.6. The number of rotatable bonds is 5. The molecule has 2 aliphatic rings. The summed E-state index contributed by atoms with van der Waals surface area (Å²) in [5, 5.41) is 2.95. The first-order valence-corrected chi connectivity index (χ1v) is 13.2. The first-order valence-electron chi connectivity index (χ1n) is 13.2. The van der Waals surface area contributed by atoms with Crippen molar-refractivity contribution in [3.05, 3.63) is 59.2 Å². The fourth-order valence-corrected chi connectivity index (χ4v) is 4.85. The van der Waals surface area contributed by atoms with Crippen LogP contribution in [0, 0.1) is 12.8 Å². The van der Waals surface area contributed by atoms with E-state index >= 15 is 0 Å². The molecular formula is C29H38N4O3. The number of likely N-dealkylation sites (tertiary alicyclic amines) is 1. The average molecular weight is 491 g/mol. The van der Waals surface area contributed by atoms with Crippen LogP contribution in [0.4, 0.5) is 11.4 Å². The van der Waals surface area contributed by atoms with Gasteiger partial charge in [0.15, 0.2) is 0 Å². The molecule has 1 N–H and O–H groups in total. The molecule has 0 saturated carbocycles. The summed E-state index contributed by atoms with van der Waals surface area (Å²) < 4.78 is 0. The van der Waals surface area contributed by atoms with Gasteiger partial charge in [0, 0.05) is 62.1 Å². The highest BCUT2D eigenvalue weighted by molar-refractivity contribution is 6.02. The molecule has 7 nitrogen and oxygen atoms in total. The van der Waals surface area contributed by atoms with Crippen molar-refractivity contribution in [3.8, 4) is 0 Å². The summed E-state index contributed by atoms with van der Waals surface area (Å²) in [4.78, 5) is 45.1. The Morgan fingerprint density at radius 1 is 0.750 bits per heavy atom. The molecule has 2 aromatic carbocycles. The first-order chi connectivity index (χ1) is 17.3. The second-order valence-electron chi connectivity index (χ2n) is 10.2. The molecule has 7 heteroatoms. The zero-order chi connectivity index (χ0) is 25.7. The van der Waals surface area contributed by atoms with Gasteiger partial charge in [-0.25, -0.2) is 0 Å². The maximum Gasteiger partial charge on any atom is 0.256 e. The van der Waals surface area contributed by atoms with Gasteiger partial charge in [0.25, 0.3) is 11.8 Å². The first kappa shape index (κ1) is 25.7. The van der Waals surface area contributed by atoms with Gasteiger partial charge in [0.2, 0.25) is 5.91 Å². The topological polar surface area (TPSA) is 73.0 Å². The lowest BCUT2D eigenvalue weighted by atomic mass is 10.1. The van der Waals surface area contributed by atoms with Crippen molar-refractivity contribution < 1.29 is 14.4 Å². The lowest BCUT2D eigenvalue weighted by Crippen LogP contribution is -2.38. The molecule has 0 unspecified atom stereocenters. The normalized spacial score (nSPS) is 16.6. The summed E-state index contributed by atoms with van der Waals surface area (Å²) in [7, 11) is 0. The van der Waals surface area contributed by atoms with Crippen molar-refractivity contribution in [2.24, 2.45) is 5.92 Å². The molecule has 36 heavy (non-hydrogen) atoms. The van der Waals surface area contributed by atoms with E-state index in [0.29, 0.717) is 36.4 Å². The van der Waals surface area contributed by atoms with E-state index < -0.39 is 0 Å². The molecule has 2 saturated heterocycles. The molecular weight excluding hydrogens is 452 g/mol. The van der Waals surface area contributed by atoms with E-state index in [1.165, 1.54) is 0 Å². The van der Waals surface area contributed by atoms with Gasteiger partial charge in [-0.2, -0.15) is 0 Å². The SMILES string of the molecule is Cc1ccc(C(=O)N2CCCN(c3ccc(NC(=O)C(C)C)cc3C(=O)N3CCCCC3)CC2)cc1. The molecule has 0 spiro atoms. The number of carbonyl (C=O) groups is 3. The van der Waals surface area contributed by atoms with Crippen LogP contribution in [0.15, 0.2) is 42.5 Å². The van der Waals surface area contributed by atoms with Gasteiger partial charge in [-0.3, -0.25) is 14.4 Å². The number of piperidine rings is 1. The minimum atomic E-state index is -0.145. The molecule has 2 aliphatic heterocycles. The molecule has 0 aliphatic carbocycles. The van der Waals surface area contributed by atoms with E-state index in [2.05, 4.69) is 10.2 Å². The third-order valence-corrected chi connectivity index (χ3v) is 7.08. The molecule has 0 aromatic heterocycles. The molecule has 2 aromatic rings. The van der Waals surface area contributed by atoms with Crippen LogP contribution in [0.5, 0.6) is 0 Å². The third kappa shape index (κ3) is 6.07. The number of carbonyl (C=O) groups excluding carboxylic acids is 3. The van der Waals surface area contributed by atoms with E-state index in [1.54, 1.807) is 0 Å². The van der Waals surface area contributed by atoms with Crippen LogP contribution in [0.25, 0.3) is 0 Å². The quantitative estimate of drug-likeness (QED) is 0.667. The highest BCUT2D eigenvalue weighted by atomic mass is 16.2. The Hall–Kier alpha value is -3.35. The summed E-state index contributed by atoms with van der Waals surface area (Å²) in [5.74, 6) is -0.150. The van der Waals surface area contributed by atoms with E-state index in [4.69, 9.17) is 0 Å². The lowest BCUT2D eigenvalue weighted by molar-refractivity contribution is -0.118. The zero-order valence-electron chi connectivity index (χ0n) is 21.8. The van der Waals surface area contributed by atoms with Gasteiger partial charge in [0.1, 0.15) is 0 Å². The Bertz CT molecular complexity index is 1090. The van der Waals surface area contributed by atoms with Crippen LogP contribution in [-0.4, -0.2) is 66.8 Å². The van der Waals surface area contributed by atoms with Crippen LogP contribution in [-0.2, 0) is 4.79 Å². The summed E-state index contributed by atoms with van der Waals surface area (Å²) in [6.45, 7) is 9.93. The fraction of sp³-hybridized carbons (Fsp3) is 0.483. The van der Waals surface area contributed by atoms with Crippen LogP contribution in [0.2, 0.25) is 0 Å². The number of benzene rings is 2. The minimum absolute atomic E-state index is 0.0159. The van der Waals surface area contributed by atoms with E-state index in [1.807, 2.05) is 73.0 Å². The van der Waals surface area contributed by atoms with Gasteiger partial charge in [-0.05, 0) is 62.9 Å². The number of hydrogen-bond donors (Lipinski definition) is 1. The summed E-state index contributed by atoms with van der Waals surface area (Å²) >= 11 is 0. The van der Waals surface area contributed by atoms with Gasteiger partial charge in [-0.1, -0.05) is 31.5 Å². The largest absolute Gasteiger partial charge is 0.369 e. The maximum atomic E-state index is 13.6. The van der Waals surface area contributed by atoms with Crippen LogP contribution >= 0.6 is 0 Å². The Morgan fingerprint density at radius 2 is 1.42 bits per heavy atom. The van der Waals surface area contributed by atoms with Crippen molar-refractivity contribution >= 4 is 29.1 Å². The molecule has 3 amide bonds. The van der Waals surface area contributed by atoms with E-state index in [-0.39, 0.29) is 23.6 Å². The third-order valence-electron chi connectivity index (χ3n) is 7.08. The predicted octanol–water partition coefficient (Wildman–Crippen LogP) is 4.57. The number of anilines is 2. The van der Waals surface area contributed by atoms with Crippen LogP contribution in [0.3, 0.4) is 0 Å². The van der Waals surface area contributed by atoms with E-state index in [9.17, 15) is 14.4 Å². The van der Waals surface area contributed by atoms with E-state index in [0.717, 1.165) is 56.6 Å². The van der Waals surface area contributed by atoms with Crippen LogP contribution in [0.1, 0.15) is 65.8 Å². The molecule has 0 radical (unpaired) electrons. The highest BCUT2D eigenvalue weighted by Crippen LogP contribution is 2.28. The minimum Gasteiger partial charge on any atom is -0.369 e. The number of aryl methyl sites for hydroxylation is 1. The Labute approximate surface area is 214 Å². The molecule has 192 valence electrons. The number of hydrogen-bond acceptors (Lipinski definition) is 4. The van der Waals surface area contributed by atoms with Crippen LogP contribution < -0.4 is 10.2 Å².